The Morgan fingerprint density at radius 1 is 1.50 bits per heavy atom. The number of methoxy groups -OCH3 is 1. The number of hydrogen-bond acceptors (Lipinski definition) is 4. The largest absolute Gasteiger partial charge is 0.495 e. The van der Waals surface area contributed by atoms with Gasteiger partial charge in [-0.2, -0.15) is 5.26 Å². The van der Waals surface area contributed by atoms with Crippen LogP contribution < -0.4 is 10.1 Å². The van der Waals surface area contributed by atoms with Gasteiger partial charge >= 0.3 is 0 Å². The molecule has 0 aliphatic heterocycles. The topological polar surface area (TPSA) is 62.9 Å². The van der Waals surface area contributed by atoms with E-state index in [0.29, 0.717) is 17.9 Å². The summed E-state index contributed by atoms with van der Waals surface area (Å²) < 4.78 is 7.19. The third kappa shape index (κ3) is 2.43. The quantitative estimate of drug-likeness (QED) is 0.889. The molecule has 0 atom stereocenters. The predicted molar refractivity (Wildman–Crippen MR) is 68.2 cm³/mol. The van der Waals surface area contributed by atoms with Crippen LogP contribution in [-0.4, -0.2) is 16.7 Å². The minimum Gasteiger partial charge on any atom is -0.495 e. The molecule has 0 saturated heterocycles. The summed E-state index contributed by atoms with van der Waals surface area (Å²) in [4.78, 5) is 4.23. The van der Waals surface area contributed by atoms with Crippen molar-refractivity contribution in [3.05, 3.63) is 42.0 Å². The number of aromatic nitrogens is 2. The van der Waals surface area contributed by atoms with Crippen molar-refractivity contribution in [2.75, 3.05) is 12.4 Å². The van der Waals surface area contributed by atoms with Crippen molar-refractivity contribution in [2.45, 2.75) is 6.54 Å². The van der Waals surface area contributed by atoms with Gasteiger partial charge in [-0.1, -0.05) is 0 Å². The summed E-state index contributed by atoms with van der Waals surface area (Å²) in [6, 6.07) is 7.38. The first-order chi connectivity index (χ1) is 8.74. The Bertz CT molecular complexity index is 583. The van der Waals surface area contributed by atoms with Crippen LogP contribution in [-0.2, 0) is 13.6 Å². The van der Waals surface area contributed by atoms with E-state index < -0.39 is 0 Å². The summed E-state index contributed by atoms with van der Waals surface area (Å²) in [5, 5.41) is 12.1. The molecule has 0 unspecified atom stereocenters. The molecule has 0 saturated carbocycles. The van der Waals surface area contributed by atoms with Crippen LogP contribution in [0.25, 0.3) is 0 Å². The van der Waals surface area contributed by atoms with Gasteiger partial charge in [0.25, 0.3) is 0 Å². The number of hydrogen-bond donors (Lipinski definition) is 1. The van der Waals surface area contributed by atoms with E-state index in [-0.39, 0.29) is 0 Å². The van der Waals surface area contributed by atoms with Crippen molar-refractivity contribution in [3.63, 3.8) is 0 Å². The molecule has 5 heteroatoms. The fraction of sp³-hybridized carbons (Fsp3) is 0.231. The molecular formula is C13H14N4O. The number of nitriles is 1. The Kier molecular flexibility index (Phi) is 3.49. The van der Waals surface area contributed by atoms with Crippen LogP contribution in [0.3, 0.4) is 0 Å². The third-order valence-corrected chi connectivity index (χ3v) is 2.69. The maximum atomic E-state index is 8.83. The van der Waals surface area contributed by atoms with Crippen LogP contribution in [0.1, 0.15) is 11.4 Å². The number of benzene rings is 1. The van der Waals surface area contributed by atoms with Crippen molar-refractivity contribution >= 4 is 5.69 Å². The second-order valence-electron chi connectivity index (χ2n) is 3.83. The Hall–Kier alpha value is -2.48. The van der Waals surface area contributed by atoms with Crippen molar-refractivity contribution in [3.8, 4) is 11.8 Å². The highest BCUT2D eigenvalue weighted by molar-refractivity contribution is 5.59. The third-order valence-electron chi connectivity index (χ3n) is 2.69. The number of nitrogens with zero attached hydrogens (tertiary/aromatic N) is 3. The van der Waals surface area contributed by atoms with E-state index in [2.05, 4.69) is 16.4 Å². The first kappa shape index (κ1) is 12.0. The van der Waals surface area contributed by atoms with E-state index in [1.54, 1.807) is 25.4 Å². The summed E-state index contributed by atoms with van der Waals surface area (Å²) in [6.45, 7) is 0.603. The average molecular weight is 242 g/mol. The monoisotopic (exact) mass is 242 g/mol. The fourth-order valence-corrected chi connectivity index (χ4v) is 1.65. The molecule has 0 aliphatic rings. The summed E-state index contributed by atoms with van der Waals surface area (Å²) in [5.41, 5.74) is 1.42. The second kappa shape index (κ2) is 5.23. The van der Waals surface area contributed by atoms with Gasteiger partial charge in [0.15, 0.2) is 0 Å². The van der Waals surface area contributed by atoms with E-state index in [9.17, 15) is 0 Å². The smallest absolute Gasteiger partial charge is 0.143 e. The van der Waals surface area contributed by atoms with Crippen molar-refractivity contribution in [1.29, 1.82) is 5.26 Å². The zero-order valence-electron chi connectivity index (χ0n) is 10.3. The molecule has 1 aromatic carbocycles. The van der Waals surface area contributed by atoms with Gasteiger partial charge in [-0.05, 0) is 12.1 Å². The van der Waals surface area contributed by atoms with E-state index in [1.165, 1.54) is 0 Å². The zero-order valence-corrected chi connectivity index (χ0v) is 10.3. The molecule has 1 aromatic heterocycles. The highest BCUT2D eigenvalue weighted by Crippen LogP contribution is 2.25. The maximum absolute atomic E-state index is 8.83. The Morgan fingerprint density at radius 3 is 2.94 bits per heavy atom. The van der Waals surface area contributed by atoms with Crippen molar-refractivity contribution in [1.82, 2.24) is 9.55 Å². The number of nitrogens with one attached hydrogen (secondary N) is 1. The second-order valence-corrected chi connectivity index (χ2v) is 3.83. The summed E-state index contributed by atoms with van der Waals surface area (Å²) >= 11 is 0. The summed E-state index contributed by atoms with van der Waals surface area (Å²) in [6.07, 6.45) is 3.65. The number of ether oxygens (including phenoxy) is 1. The first-order valence-corrected chi connectivity index (χ1v) is 5.53. The molecule has 0 aliphatic carbocycles. The van der Waals surface area contributed by atoms with Crippen LogP contribution in [0, 0.1) is 11.3 Å². The highest BCUT2D eigenvalue weighted by atomic mass is 16.5. The SMILES string of the molecule is COc1cc(C#N)ccc1NCc1nccn1C. The molecule has 18 heavy (non-hydrogen) atoms. The van der Waals surface area contributed by atoms with Gasteiger partial charge in [-0.3, -0.25) is 0 Å². The molecule has 2 aromatic rings. The average Bonchev–Trinajstić information content (AvgIpc) is 2.81. The lowest BCUT2D eigenvalue weighted by Crippen LogP contribution is -2.06. The normalized spacial score (nSPS) is 9.83. The Balaban J connectivity index is 2.15. The molecule has 0 spiro atoms. The molecule has 2 rings (SSSR count). The number of anilines is 1. The van der Waals surface area contributed by atoms with Gasteiger partial charge in [-0.25, -0.2) is 4.98 Å². The summed E-state index contributed by atoms with van der Waals surface area (Å²) in [5.74, 6) is 1.59. The van der Waals surface area contributed by atoms with Crippen LogP contribution in [0.4, 0.5) is 5.69 Å². The van der Waals surface area contributed by atoms with E-state index in [1.807, 2.05) is 23.9 Å². The minimum absolute atomic E-state index is 0.578. The molecule has 92 valence electrons. The summed E-state index contributed by atoms with van der Waals surface area (Å²) in [7, 11) is 3.53. The number of rotatable bonds is 4. The predicted octanol–water partition coefficient (Wildman–Crippen LogP) is 1.91. The first-order valence-electron chi connectivity index (χ1n) is 5.53. The molecule has 0 amide bonds. The lowest BCUT2D eigenvalue weighted by atomic mass is 10.2. The van der Waals surface area contributed by atoms with E-state index in [0.717, 1.165) is 11.5 Å². The standard InChI is InChI=1S/C13H14N4O/c1-17-6-5-15-13(17)9-16-11-4-3-10(8-14)7-12(11)18-2/h3-7,16H,9H2,1-2H3. The van der Waals surface area contributed by atoms with Gasteiger partial charge < -0.3 is 14.6 Å². The Morgan fingerprint density at radius 2 is 2.33 bits per heavy atom. The van der Waals surface area contributed by atoms with Crippen LogP contribution in [0.15, 0.2) is 30.6 Å². The van der Waals surface area contributed by atoms with Crippen molar-refractivity contribution in [2.24, 2.45) is 7.05 Å². The highest BCUT2D eigenvalue weighted by Gasteiger charge is 2.05. The lowest BCUT2D eigenvalue weighted by molar-refractivity contribution is 0.416. The maximum Gasteiger partial charge on any atom is 0.143 e. The number of aryl methyl sites for hydroxylation is 1. The van der Waals surface area contributed by atoms with E-state index in [4.69, 9.17) is 10.00 Å². The Labute approximate surface area is 106 Å². The van der Waals surface area contributed by atoms with Gasteiger partial charge in [0.05, 0.1) is 31.0 Å². The van der Waals surface area contributed by atoms with Crippen LogP contribution in [0.5, 0.6) is 5.75 Å². The molecule has 5 nitrogen and oxygen atoms in total. The van der Waals surface area contributed by atoms with Gasteiger partial charge in [0.2, 0.25) is 0 Å². The molecular weight excluding hydrogens is 228 g/mol. The molecule has 1 N–H and O–H groups in total. The number of imidazole rings is 1. The lowest BCUT2D eigenvalue weighted by Gasteiger charge is -2.11. The molecule has 0 radical (unpaired) electrons. The van der Waals surface area contributed by atoms with Gasteiger partial charge in [-0.15, -0.1) is 0 Å². The minimum atomic E-state index is 0.578. The fourth-order valence-electron chi connectivity index (χ4n) is 1.65. The molecule has 0 fully saturated rings. The van der Waals surface area contributed by atoms with Gasteiger partial charge in [0.1, 0.15) is 11.6 Å². The van der Waals surface area contributed by atoms with Crippen LogP contribution in [0.2, 0.25) is 0 Å². The van der Waals surface area contributed by atoms with Gasteiger partial charge in [0, 0.05) is 25.5 Å². The molecule has 0 bridgehead atoms. The zero-order chi connectivity index (χ0) is 13.0. The van der Waals surface area contributed by atoms with Crippen LogP contribution >= 0.6 is 0 Å². The molecule has 1 heterocycles. The van der Waals surface area contributed by atoms with Crippen molar-refractivity contribution < 1.29 is 4.74 Å². The van der Waals surface area contributed by atoms with E-state index >= 15 is 0 Å².